The molecule has 0 aliphatic carbocycles. The third-order valence-corrected chi connectivity index (χ3v) is 1.37. The molecule has 0 atom stereocenters. The molecule has 0 heterocycles. The number of rotatable bonds is 1. The Balaban J connectivity index is 0.000000810. The predicted molar refractivity (Wildman–Crippen MR) is 38.0 cm³/mol. The molecule has 0 N–H and O–H groups in total. The summed E-state index contributed by atoms with van der Waals surface area (Å²) in [4.78, 5) is 0. The van der Waals surface area contributed by atoms with Gasteiger partial charge < -0.3 is 4.74 Å². The molecule has 0 fully saturated rings. The van der Waals surface area contributed by atoms with Gasteiger partial charge in [0.05, 0.1) is 12.1 Å². The second-order valence-electron chi connectivity index (χ2n) is 1.63. The van der Waals surface area contributed by atoms with Crippen molar-refractivity contribution in [1.29, 1.82) is 0 Å². The molecule has 0 radical (unpaired) electrons. The van der Waals surface area contributed by atoms with Gasteiger partial charge in [-0.05, 0) is 12.1 Å². The van der Waals surface area contributed by atoms with E-state index < -0.39 is 0 Å². The van der Waals surface area contributed by atoms with Gasteiger partial charge >= 0.3 is 0 Å². The largest absolute Gasteiger partial charge is 0.495 e. The first-order valence-electron chi connectivity index (χ1n) is 2.63. The number of hydrogen-bond donors (Lipinski definition) is 0. The average molecular weight is 208 g/mol. The van der Waals surface area contributed by atoms with Crippen LogP contribution in [0.1, 0.15) is 0 Å². The molecule has 1 nitrogen and oxygen atoms in total. The zero-order valence-electron chi connectivity index (χ0n) is 5.80. The number of methoxy groups -OCH3 is 1. The molecule has 10 heavy (non-hydrogen) atoms. The van der Waals surface area contributed by atoms with Crippen molar-refractivity contribution in [3.8, 4) is 5.75 Å². The zero-order valence-corrected chi connectivity index (χ0v) is 9.53. The van der Waals surface area contributed by atoms with Crippen LogP contribution in [0.4, 0.5) is 0 Å². The third kappa shape index (κ3) is 2.28. The summed E-state index contributed by atoms with van der Waals surface area (Å²) in [5, 5.41) is 0.653. The van der Waals surface area contributed by atoms with Crippen molar-refractivity contribution in [3.63, 3.8) is 0 Å². The Kier molecular flexibility index (Phi) is 4.67. The quantitative estimate of drug-likeness (QED) is 0.643. The van der Waals surface area contributed by atoms with Gasteiger partial charge in [0.25, 0.3) is 0 Å². The summed E-state index contributed by atoms with van der Waals surface area (Å²) in [7, 11) is 1.60. The summed E-state index contributed by atoms with van der Waals surface area (Å²) in [6.07, 6.45) is 0. The Morgan fingerprint density at radius 3 is 2.30 bits per heavy atom. The fourth-order valence-electron chi connectivity index (χ4n) is 0.610. The fourth-order valence-corrected chi connectivity index (χ4v) is 0.823. The molecule has 50 valence electrons. The summed E-state index contributed by atoms with van der Waals surface area (Å²) in [6.45, 7) is 0. The predicted octanol–water partition coefficient (Wildman–Crippen LogP) is 2.35. The molecule has 1 rings (SSSR count). The summed E-state index contributed by atoms with van der Waals surface area (Å²) in [6, 6.07) is 7.36. The Bertz CT molecular complexity index is 203. The van der Waals surface area contributed by atoms with Crippen LogP contribution in [0.25, 0.3) is 0 Å². The van der Waals surface area contributed by atoms with Crippen LogP contribution in [0.15, 0.2) is 24.3 Å². The van der Waals surface area contributed by atoms with Crippen LogP contribution >= 0.6 is 11.6 Å². The minimum absolute atomic E-state index is 0. The summed E-state index contributed by atoms with van der Waals surface area (Å²) >= 11 is 5.70. The molecule has 0 spiro atoms. The van der Waals surface area contributed by atoms with Gasteiger partial charge in [-0.1, -0.05) is 23.7 Å². The van der Waals surface area contributed by atoms with Crippen LogP contribution in [-0.2, 0) is 19.5 Å². The van der Waals surface area contributed by atoms with E-state index in [0.717, 1.165) is 5.75 Å². The zero-order chi connectivity index (χ0) is 6.69. The van der Waals surface area contributed by atoms with Gasteiger partial charge in [-0.25, -0.2) is 0 Å². The molecule has 0 bridgehead atoms. The molecule has 0 aliphatic heterocycles. The number of hydrogen-bond acceptors (Lipinski definition) is 1. The van der Waals surface area contributed by atoms with E-state index in [9.17, 15) is 0 Å². The maximum Gasteiger partial charge on any atom is 0.137 e. The molecule has 0 aromatic heterocycles. The molecule has 1 aromatic carbocycles. The van der Waals surface area contributed by atoms with Crippen molar-refractivity contribution in [3.05, 3.63) is 29.3 Å². The summed E-state index contributed by atoms with van der Waals surface area (Å²) < 4.78 is 4.91. The van der Waals surface area contributed by atoms with Crippen LogP contribution in [0.5, 0.6) is 5.75 Å². The molecule has 0 amide bonds. The fraction of sp³-hybridized carbons (Fsp3) is 0.143. The van der Waals surface area contributed by atoms with Crippen LogP contribution in [-0.4, -0.2) is 7.11 Å². The van der Waals surface area contributed by atoms with Gasteiger partial charge in [0.1, 0.15) is 5.75 Å². The monoisotopic (exact) mass is 206 g/mol. The van der Waals surface area contributed by atoms with Gasteiger partial charge in [-0.2, -0.15) is 0 Å². The van der Waals surface area contributed by atoms with Crippen LogP contribution in [0.3, 0.4) is 0 Å². The molecule has 3 heteroatoms. The molecule has 0 aliphatic rings. The van der Waals surface area contributed by atoms with Gasteiger partial charge in [0.15, 0.2) is 0 Å². The van der Waals surface area contributed by atoms with Gasteiger partial charge in [-0.15, -0.1) is 0 Å². The van der Waals surface area contributed by atoms with Crippen molar-refractivity contribution in [2.24, 2.45) is 0 Å². The van der Waals surface area contributed by atoms with Crippen LogP contribution in [0.2, 0.25) is 5.02 Å². The Labute approximate surface area is 78.1 Å². The van der Waals surface area contributed by atoms with Gasteiger partial charge in [-0.3, -0.25) is 0 Å². The molecule has 0 saturated heterocycles. The maximum atomic E-state index is 5.70. The van der Waals surface area contributed by atoms with Gasteiger partial charge in [0.2, 0.25) is 0 Å². The van der Waals surface area contributed by atoms with E-state index in [4.69, 9.17) is 16.3 Å². The van der Waals surface area contributed by atoms with E-state index in [2.05, 4.69) is 0 Å². The van der Waals surface area contributed by atoms with Crippen molar-refractivity contribution < 1.29 is 24.2 Å². The summed E-state index contributed by atoms with van der Waals surface area (Å²) in [5.41, 5.74) is 0. The second kappa shape index (κ2) is 4.70. The molecule has 1 aromatic rings. The Hall–Kier alpha value is -0.0666. The maximum absolute atomic E-state index is 5.70. The first kappa shape index (κ1) is 9.93. The molecule has 0 unspecified atom stereocenters. The Morgan fingerprint density at radius 2 is 1.90 bits per heavy atom. The van der Waals surface area contributed by atoms with Crippen molar-refractivity contribution in [2.45, 2.75) is 0 Å². The topological polar surface area (TPSA) is 9.23 Å². The van der Waals surface area contributed by atoms with E-state index in [1.165, 1.54) is 0 Å². The Morgan fingerprint density at radius 1 is 1.30 bits per heavy atom. The first-order chi connectivity index (χ1) is 4.34. The van der Waals surface area contributed by atoms with E-state index in [0.29, 0.717) is 5.02 Å². The van der Waals surface area contributed by atoms with Crippen molar-refractivity contribution in [1.82, 2.24) is 0 Å². The minimum atomic E-state index is 0. The van der Waals surface area contributed by atoms with E-state index in [-0.39, 0.29) is 19.5 Å². The minimum Gasteiger partial charge on any atom is -0.495 e. The van der Waals surface area contributed by atoms with E-state index in [1.54, 1.807) is 13.2 Å². The first-order valence-corrected chi connectivity index (χ1v) is 3.01. The normalized spacial score (nSPS) is 8.20. The van der Waals surface area contributed by atoms with Crippen LogP contribution < -0.4 is 4.74 Å². The number of para-hydroxylation sites is 1. The van der Waals surface area contributed by atoms with Crippen LogP contribution in [0, 0.1) is 0 Å². The number of halogens is 1. The molecular weight excluding hydrogens is 201 g/mol. The number of benzene rings is 1. The van der Waals surface area contributed by atoms with Crippen molar-refractivity contribution >= 4 is 11.6 Å². The summed E-state index contributed by atoms with van der Waals surface area (Å²) in [5.74, 6) is 0.721. The third-order valence-electron chi connectivity index (χ3n) is 1.06. The van der Waals surface area contributed by atoms with E-state index >= 15 is 0 Å². The molecular formula is C7H7ClOZn. The van der Waals surface area contributed by atoms with E-state index in [1.807, 2.05) is 18.2 Å². The smallest absolute Gasteiger partial charge is 0.137 e. The second-order valence-corrected chi connectivity index (χ2v) is 2.04. The van der Waals surface area contributed by atoms with Gasteiger partial charge in [0, 0.05) is 19.5 Å². The molecule has 0 saturated carbocycles. The standard InChI is InChI=1S/C7H7ClO.Zn/c1-9-7-5-3-2-4-6(7)8;/h2-5H,1H3;. The average Bonchev–Trinajstić information content (AvgIpc) is 1.89. The van der Waals surface area contributed by atoms with Crippen molar-refractivity contribution in [2.75, 3.05) is 7.11 Å². The SMILES string of the molecule is COc1ccccc1Cl.[Zn]. The number of ether oxygens (including phenoxy) is 1.